The van der Waals surface area contributed by atoms with Crippen molar-refractivity contribution in [1.29, 1.82) is 0 Å². The molecular formula is C26H28F3N5O3. The van der Waals surface area contributed by atoms with Gasteiger partial charge in [0.25, 0.3) is 5.91 Å². The van der Waals surface area contributed by atoms with Crippen LogP contribution in [0.5, 0.6) is 5.75 Å². The fourth-order valence-electron chi connectivity index (χ4n) is 4.94. The first-order valence-electron chi connectivity index (χ1n) is 12.3. The van der Waals surface area contributed by atoms with Gasteiger partial charge in [0.05, 0.1) is 23.3 Å². The molecular weight excluding hydrogens is 487 g/mol. The third-order valence-corrected chi connectivity index (χ3v) is 7.05. The van der Waals surface area contributed by atoms with Gasteiger partial charge in [-0.15, -0.1) is 0 Å². The van der Waals surface area contributed by atoms with Crippen LogP contribution in [0, 0.1) is 12.8 Å². The molecule has 0 spiro atoms. The van der Waals surface area contributed by atoms with E-state index in [1.165, 1.54) is 19.3 Å². The number of nitrogens with zero attached hydrogens (tertiary/aromatic N) is 3. The number of rotatable bonds is 6. The molecule has 2 aromatic heterocycles. The summed E-state index contributed by atoms with van der Waals surface area (Å²) < 4.78 is 46.6. The summed E-state index contributed by atoms with van der Waals surface area (Å²) in [5.74, 6) is 0.277. The van der Waals surface area contributed by atoms with E-state index in [0.29, 0.717) is 53.5 Å². The molecule has 0 bridgehead atoms. The zero-order chi connectivity index (χ0) is 26.5. The van der Waals surface area contributed by atoms with Crippen LogP contribution in [0.15, 0.2) is 24.5 Å². The molecule has 2 amide bonds. The molecule has 1 saturated heterocycles. The summed E-state index contributed by atoms with van der Waals surface area (Å²) in [6, 6.07) is 3.13. The quantitative estimate of drug-likeness (QED) is 0.504. The van der Waals surface area contributed by atoms with Crippen molar-refractivity contribution in [3.8, 4) is 17.0 Å². The summed E-state index contributed by atoms with van der Waals surface area (Å²) >= 11 is 0. The number of halogens is 3. The second-order valence-corrected chi connectivity index (χ2v) is 9.96. The summed E-state index contributed by atoms with van der Waals surface area (Å²) in [5.41, 5.74) is 1.04. The topological polar surface area (TPSA) is 100 Å². The Bertz CT molecular complexity index is 1370. The molecule has 37 heavy (non-hydrogen) atoms. The number of H-pyrrole nitrogens is 1. The second kappa shape index (κ2) is 9.35. The smallest absolute Gasteiger partial charge is 0.416 e. The number of likely N-dealkylation sites (tertiary alicyclic amines) is 1. The Morgan fingerprint density at radius 1 is 1.24 bits per heavy atom. The number of aromatic nitrogens is 3. The highest BCUT2D eigenvalue weighted by Gasteiger charge is 2.34. The molecule has 2 aliphatic rings. The van der Waals surface area contributed by atoms with Crippen molar-refractivity contribution in [2.75, 3.05) is 13.2 Å². The van der Waals surface area contributed by atoms with E-state index in [4.69, 9.17) is 4.74 Å². The minimum atomic E-state index is -4.54. The number of amides is 2. The number of benzene rings is 1. The van der Waals surface area contributed by atoms with Crippen LogP contribution in [-0.4, -0.2) is 56.9 Å². The zero-order valence-corrected chi connectivity index (χ0v) is 20.8. The molecule has 1 aromatic carbocycles. The molecule has 0 radical (unpaired) electrons. The first-order chi connectivity index (χ1) is 17.5. The van der Waals surface area contributed by atoms with Crippen LogP contribution < -0.4 is 10.1 Å². The number of hydrogen-bond donors (Lipinski definition) is 2. The molecule has 1 aliphatic heterocycles. The highest BCUT2D eigenvalue weighted by Crippen LogP contribution is 2.40. The van der Waals surface area contributed by atoms with Gasteiger partial charge < -0.3 is 19.9 Å². The maximum atomic E-state index is 13.6. The largest absolute Gasteiger partial charge is 0.493 e. The SMILES string of the molecule is CC(=O)N1C[C@@H](NC(=O)c2c(C)[nH]c3c(-c4cc(C(F)(F)F)ccc4OCC4CC4)ncnc23)C[C@H]1C. The van der Waals surface area contributed by atoms with Gasteiger partial charge in [0.2, 0.25) is 5.91 Å². The van der Waals surface area contributed by atoms with Gasteiger partial charge in [-0.2, -0.15) is 13.2 Å². The number of aromatic amines is 1. The Kier molecular flexibility index (Phi) is 6.33. The lowest BCUT2D eigenvalue weighted by atomic mass is 10.0. The fraction of sp³-hybridized carbons (Fsp3) is 0.462. The number of nitrogens with one attached hydrogen (secondary N) is 2. The summed E-state index contributed by atoms with van der Waals surface area (Å²) in [6.45, 7) is 5.97. The number of carbonyl (C=O) groups excluding carboxylic acids is 2. The Balaban J connectivity index is 1.51. The Morgan fingerprint density at radius 2 is 2.00 bits per heavy atom. The van der Waals surface area contributed by atoms with E-state index in [0.717, 1.165) is 25.0 Å². The Hall–Kier alpha value is -3.63. The summed E-state index contributed by atoms with van der Waals surface area (Å²) in [4.78, 5) is 38.5. The van der Waals surface area contributed by atoms with Crippen LogP contribution in [-0.2, 0) is 11.0 Å². The van der Waals surface area contributed by atoms with Crippen LogP contribution >= 0.6 is 0 Å². The average Bonchev–Trinajstić information content (AvgIpc) is 3.49. The molecule has 1 aliphatic carbocycles. The van der Waals surface area contributed by atoms with Gasteiger partial charge in [-0.25, -0.2) is 9.97 Å². The lowest BCUT2D eigenvalue weighted by Crippen LogP contribution is -2.38. The molecule has 1 saturated carbocycles. The van der Waals surface area contributed by atoms with Gasteiger partial charge in [0.15, 0.2) is 0 Å². The molecule has 0 unspecified atom stereocenters. The van der Waals surface area contributed by atoms with Crippen molar-refractivity contribution in [1.82, 2.24) is 25.2 Å². The molecule has 196 valence electrons. The van der Waals surface area contributed by atoms with E-state index in [2.05, 4.69) is 20.3 Å². The van der Waals surface area contributed by atoms with E-state index < -0.39 is 11.7 Å². The predicted octanol–water partition coefficient (Wildman–Crippen LogP) is 4.48. The average molecular weight is 516 g/mol. The number of fused-ring (bicyclic) bond motifs is 1. The van der Waals surface area contributed by atoms with Gasteiger partial charge in [-0.05, 0) is 57.2 Å². The highest BCUT2D eigenvalue weighted by molar-refractivity contribution is 6.09. The molecule has 3 heterocycles. The maximum Gasteiger partial charge on any atom is 0.416 e. The maximum absolute atomic E-state index is 13.6. The minimum Gasteiger partial charge on any atom is -0.493 e. The lowest BCUT2D eigenvalue weighted by molar-refractivity contribution is -0.137. The standard InChI is InChI=1S/C26H28F3N5O3/c1-13-8-18(10-34(13)15(3)35)33-25(36)21-14(2)32-24-22(30-12-31-23(21)24)19-9-17(26(27,28)29)6-7-20(19)37-11-16-4-5-16/h6-7,9,12-13,16,18,32H,4-5,8,10-11H2,1-3H3,(H,33,36)/t13-,18+/m1/s1. The van der Waals surface area contributed by atoms with Crippen molar-refractivity contribution in [2.24, 2.45) is 5.92 Å². The third kappa shape index (κ3) is 4.99. The monoisotopic (exact) mass is 515 g/mol. The number of aryl methyl sites for hydroxylation is 1. The van der Waals surface area contributed by atoms with E-state index in [1.54, 1.807) is 11.8 Å². The molecule has 2 N–H and O–H groups in total. The predicted molar refractivity (Wildman–Crippen MR) is 130 cm³/mol. The fourth-order valence-corrected chi connectivity index (χ4v) is 4.94. The number of alkyl halides is 3. The highest BCUT2D eigenvalue weighted by atomic mass is 19.4. The molecule has 11 heteroatoms. The molecule has 5 rings (SSSR count). The normalized spacial score (nSPS) is 19.9. The summed E-state index contributed by atoms with van der Waals surface area (Å²) in [5, 5.41) is 2.98. The van der Waals surface area contributed by atoms with E-state index in [9.17, 15) is 22.8 Å². The first kappa shape index (κ1) is 25.0. The first-order valence-corrected chi connectivity index (χ1v) is 12.3. The van der Waals surface area contributed by atoms with Crippen molar-refractivity contribution in [3.05, 3.63) is 41.3 Å². The van der Waals surface area contributed by atoms with Gasteiger partial charge >= 0.3 is 6.18 Å². The zero-order valence-electron chi connectivity index (χ0n) is 20.8. The molecule has 8 nitrogen and oxygen atoms in total. The number of carbonyl (C=O) groups is 2. The van der Waals surface area contributed by atoms with Crippen LogP contribution in [0.25, 0.3) is 22.3 Å². The van der Waals surface area contributed by atoms with E-state index in [-0.39, 0.29) is 35.2 Å². The summed E-state index contributed by atoms with van der Waals surface area (Å²) in [7, 11) is 0. The van der Waals surface area contributed by atoms with Crippen molar-refractivity contribution in [3.63, 3.8) is 0 Å². The molecule has 2 atom stereocenters. The van der Waals surface area contributed by atoms with Crippen molar-refractivity contribution >= 4 is 22.8 Å². The van der Waals surface area contributed by atoms with Gasteiger partial charge in [-0.3, -0.25) is 9.59 Å². The van der Waals surface area contributed by atoms with Gasteiger partial charge in [0, 0.05) is 36.8 Å². The second-order valence-electron chi connectivity index (χ2n) is 9.96. The van der Waals surface area contributed by atoms with Crippen LogP contribution in [0.2, 0.25) is 0 Å². The number of ether oxygens (including phenoxy) is 1. The van der Waals surface area contributed by atoms with E-state index >= 15 is 0 Å². The Labute approximate surface area is 211 Å². The molecule has 3 aromatic rings. The third-order valence-electron chi connectivity index (χ3n) is 7.05. The minimum absolute atomic E-state index is 0.00997. The number of hydrogen-bond acceptors (Lipinski definition) is 5. The summed E-state index contributed by atoms with van der Waals surface area (Å²) in [6.07, 6.45) is -0.614. The van der Waals surface area contributed by atoms with Gasteiger partial charge in [-0.1, -0.05) is 0 Å². The van der Waals surface area contributed by atoms with Crippen LogP contribution in [0.1, 0.15) is 54.7 Å². The molecule has 2 fully saturated rings. The van der Waals surface area contributed by atoms with Crippen molar-refractivity contribution in [2.45, 2.75) is 58.3 Å². The van der Waals surface area contributed by atoms with Crippen LogP contribution in [0.4, 0.5) is 13.2 Å². The Morgan fingerprint density at radius 3 is 2.65 bits per heavy atom. The lowest BCUT2D eigenvalue weighted by Gasteiger charge is -2.18. The van der Waals surface area contributed by atoms with Crippen molar-refractivity contribution < 1.29 is 27.5 Å². The van der Waals surface area contributed by atoms with Crippen LogP contribution in [0.3, 0.4) is 0 Å². The van der Waals surface area contributed by atoms with E-state index in [1.807, 2.05) is 6.92 Å². The van der Waals surface area contributed by atoms with Gasteiger partial charge in [0.1, 0.15) is 23.3 Å².